The van der Waals surface area contributed by atoms with Gasteiger partial charge in [0.15, 0.2) is 0 Å². The second-order valence-electron chi connectivity index (χ2n) is 10.5. The van der Waals surface area contributed by atoms with E-state index in [0.717, 1.165) is 18.0 Å². The van der Waals surface area contributed by atoms with Crippen molar-refractivity contribution in [3.63, 3.8) is 0 Å². The molecule has 0 radical (unpaired) electrons. The van der Waals surface area contributed by atoms with Gasteiger partial charge in [0.05, 0.1) is 26.6 Å². The summed E-state index contributed by atoms with van der Waals surface area (Å²) in [5.41, 5.74) is 6.02. The number of fused-ring (bicyclic) bond motifs is 6. The molecule has 0 spiro atoms. The van der Waals surface area contributed by atoms with Crippen LogP contribution < -0.4 is 24.6 Å². The third-order valence-electron chi connectivity index (χ3n) is 8.71. The zero-order valence-corrected chi connectivity index (χ0v) is 23.1. The number of benzene rings is 2. The van der Waals surface area contributed by atoms with Gasteiger partial charge in [0, 0.05) is 42.8 Å². The number of hydrogen-bond acceptors (Lipinski definition) is 6. The summed E-state index contributed by atoms with van der Waals surface area (Å²) in [6.45, 7) is 11.0. The largest absolute Gasteiger partial charge is 0.497 e. The first-order valence-electron chi connectivity index (χ1n) is 13.0. The van der Waals surface area contributed by atoms with E-state index in [-0.39, 0.29) is 10.8 Å². The Kier molecular flexibility index (Phi) is 7.00. The smallest absolute Gasteiger partial charge is 0.119 e. The molecule has 0 saturated carbocycles. The van der Waals surface area contributed by atoms with Gasteiger partial charge in [0.25, 0.3) is 0 Å². The maximum absolute atomic E-state index is 5.36. The SMILES string of the molecule is CC.COc1ccc2c(c1)[C@@]1(C)CCN(C)C1N2C.COc1ccc2c(c1)[C@@]1(C)CCNC1N2C. The van der Waals surface area contributed by atoms with Gasteiger partial charge >= 0.3 is 0 Å². The van der Waals surface area contributed by atoms with Crippen molar-refractivity contribution in [3.05, 3.63) is 47.5 Å². The number of rotatable bonds is 2. The van der Waals surface area contributed by atoms with Gasteiger partial charge in [0.2, 0.25) is 0 Å². The van der Waals surface area contributed by atoms with Crippen molar-refractivity contribution < 1.29 is 9.47 Å². The molecule has 4 heterocycles. The summed E-state index contributed by atoms with van der Waals surface area (Å²) in [7, 11) is 10.0. The Balaban J connectivity index is 0.000000155. The number of ether oxygens (including phenoxy) is 2. The minimum atomic E-state index is 0.235. The first-order chi connectivity index (χ1) is 16.7. The lowest BCUT2D eigenvalue weighted by Crippen LogP contribution is -2.45. The number of anilines is 2. The number of nitrogens with zero attached hydrogens (tertiary/aromatic N) is 3. The van der Waals surface area contributed by atoms with E-state index in [9.17, 15) is 0 Å². The normalized spacial score (nSPS) is 29.9. The fourth-order valence-corrected chi connectivity index (χ4v) is 6.91. The predicted octanol–water partition coefficient (Wildman–Crippen LogP) is 4.81. The van der Waals surface area contributed by atoms with Crippen LogP contribution in [0.15, 0.2) is 36.4 Å². The van der Waals surface area contributed by atoms with Crippen LogP contribution in [0.4, 0.5) is 11.4 Å². The van der Waals surface area contributed by atoms with E-state index in [1.54, 1.807) is 14.2 Å². The summed E-state index contributed by atoms with van der Waals surface area (Å²) in [6, 6.07) is 12.9. The van der Waals surface area contributed by atoms with Gasteiger partial charge in [-0.2, -0.15) is 0 Å². The van der Waals surface area contributed by atoms with E-state index in [2.05, 4.69) is 85.3 Å². The molecule has 192 valence electrons. The zero-order valence-electron chi connectivity index (χ0n) is 23.1. The quantitative estimate of drug-likeness (QED) is 0.665. The number of likely N-dealkylation sites (N-methyl/N-ethyl adjacent to an activating group) is 3. The number of hydrogen-bond donors (Lipinski definition) is 1. The molecule has 0 bridgehead atoms. The molecule has 6 nitrogen and oxygen atoms in total. The first-order valence-corrected chi connectivity index (χ1v) is 13.0. The van der Waals surface area contributed by atoms with Crippen LogP contribution >= 0.6 is 0 Å². The molecule has 6 rings (SSSR count). The van der Waals surface area contributed by atoms with Crippen molar-refractivity contribution in [2.75, 3.05) is 58.3 Å². The maximum atomic E-state index is 5.36. The summed E-state index contributed by atoms with van der Waals surface area (Å²) in [5.74, 6) is 1.93. The highest BCUT2D eigenvalue weighted by Crippen LogP contribution is 2.52. The lowest BCUT2D eigenvalue weighted by atomic mass is 9.81. The summed E-state index contributed by atoms with van der Waals surface area (Å²) in [4.78, 5) is 7.20. The fraction of sp³-hybridized carbons (Fsp3) is 0.586. The van der Waals surface area contributed by atoms with Gasteiger partial charge in [0.1, 0.15) is 11.5 Å². The molecule has 0 aromatic heterocycles. The summed E-state index contributed by atoms with van der Waals surface area (Å²) < 4.78 is 10.7. The van der Waals surface area contributed by atoms with Gasteiger partial charge in [-0.3, -0.25) is 10.2 Å². The topological polar surface area (TPSA) is 40.2 Å². The van der Waals surface area contributed by atoms with E-state index in [0.29, 0.717) is 12.3 Å². The minimum Gasteiger partial charge on any atom is -0.497 e. The predicted molar refractivity (Wildman–Crippen MR) is 146 cm³/mol. The molecular formula is C29H44N4O2. The fourth-order valence-electron chi connectivity index (χ4n) is 6.91. The van der Waals surface area contributed by atoms with Crippen molar-refractivity contribution in [1.29, 1.82) is 0 Å². The van der Waals surface area contributed by atoms with Crippen molar-refractivity contribution in [2.45, 2.75) is 63.7 Å². The van der Waals surface area contributed by atoms with Crippen molar-refractivity contribution in [1.82, 2.24) is 10.2 Å². The van der Waals surface area contributed by atoms with Gasteiger partial charge < -0.3 is 19.3 Å². The molecule has 35 heavy (non-hydrogen) atoms. The second kappa shape index (κ2) is 9.55. The van der Waals surface area contributed by atoms with Crippen molar-refractivity contribution in [3.8, 4) is 11.5 Å². The van der Waals surface area contributed by atoms with Crippen LogP contribution in [-0.4, -0.2) is 65.7 Å². The Morgan fingerprint density at radius 3 is 1.91 bits per heavy atom. The van der Waals surface area contributed by atoms with E-state index in [1.807, 2.05) is 19.9 Å². The van der Waals surface area contributed by atoms with E-state index in [4.69, 9.17) is 9.47 Å². The molecule has 0 amide bonds. The summed E-state index contributed by atoms with van der Waals surface area (Å²) in [6.07, 6.45) is 3.35. The Morgan fingerprint density at radius 2 is 1.34 bits per heavy atom. The molecule has 6 heteroatoms. The van der Waals surface area contributed by atoms with Crippen LogP contribution in [-0.2, 0) is 10.8 Å². The average molecular weight is 481 g/mol. The Bertz CT molecular complexity index is 1060. The van der Waals surface area contributed by atoms with E-state index < -0.39 is 0 Å². The molecule has 0 aliphatic carbocycles. The summed E-state index contributed by atoms with van der Waals surface area (Å²) >= 11 is 0. The van der Waals surface area contributed by atoms with Crippen LogP contribution in [0.2, 0.25) is 0 Å². The Morgan fingerprint density at radius 1 is 0.800 bits per heavy atom. The number of methoxy groups -OCH3 is 2. The highest BCUT2D eigenvalue weighted by Gasteiger charge is 2.52. The molecule has 4 aliphatic rings. The van der Waals surface area contributed by atoms with Crippen LogP contribution in [0.3, 0.4) is 0 Å². The standard InChI is InChI=1S/C14H20N2O.C13H18N2O.C2H6/c1-14-7-8-15(2)13(14)16(3)12-6-5-10(17-4)9-11(12)14;1-13-6-7-14-12(13)15(2)11-5-4-9(16-3)8-10(11)13;1-2/h5-6,9,13H,7-8H2,1-4H3;4-5,8,12,14H,6-7H2,1-3H3;1-2H3/t13?,14-;12?,13-;/m11./s1. The maximum Gasteiger partial charge on any atom is 0.119 e. The first kappa shape index (κ1) is 25.6. The van der Waals surface area contributed by atoms with Crippen LogP contribution in [0.5, 0.6) is 11.5 Å². The molecule has 2 fully saturated rings. The summed E-state index contributed by atoms with van der Waals surface area (Å²) in [5, 5.41) is 3.58. The van der Waals surface area contributed by atoms with Gasteiger partial charge in [-0.1, -0.05) is 27.7 Å². The van der Waals surface area contributed by atoms with Crippen LogP contribution in [0, 0.1) is 0 Å². The molecule has 2 aromatic carbocycles. The van der Waals surface area contributed by atoms with E-state index >= 15 is 0 Å². The minimum absolute atomic E-state index is 0.235. The van der Waals surface area contributed by atoms with E-state index in [1.165, 1.54) is 41.9 Å². The van der Waals surface area contributed by atoms with Gasteiger partial charge in [-0.15, -0.1) is 0 Å². The molecular weight excluding hydrogens is 436 g/mol. The third kappa shape index (κ3) is 3.86. The number of likely N-dealkylation sites (tertiary alicyclic amines) is 1. The zero-order chi connectivity index (χ0) is 25.5. The highest BCUT2D eigenvalue weighted by molar-refractivity contribution is 5.67. The number of nitrogens with one attached hydrogen (secondary N) is 1. The third-order valence-corrected chi connectivity index (χ3v) is 8.71. The molecule has 2 unspecified atom stereocenters. The molecule has 2 saturated heterocycles. The van der Waals surface area contributed by atoms with Crippen LogP contribution in [0.1, 0.15) is 51.7 Å². The van der Waals surface area contributed by atoms with Crippen molar-refractivity contribution in [2.24, 2.45) is 0 Å². The lowest BCUT2D eigenvalue weighted by Gasteiger charge is -2.32. The molecule has 2 aromatic rings. The second-order valence-corrected chi connectivity index (χ2v) is 10.5. The van der Waals surface area contributed by atoms with Gasteiger partial charge in [-0.25, -0.2) is 0 Å². The lowest BCUT2D eigenvalue weighted by molar-refractivity contribution is 0.268. The molecule has 4 atom stereocenters. The van der Waals surface area contributed by atoms with Crippen molar-refractivity contribution >= 4 is 11.4 Å². The van der Waals surface area contributed by atoms with Crippen LogP contribution in [0.25, 0.3) is 0 Å². The molecule has 4 aliphatic heterocycles. The average Bonchev–Trinajstić information content (AvgIpc) is 3.55. The Hall–Kier alpha value is -2.44. The van der Waals surface area contributed by atoms with Gasteiger partial charge in [-0.05, 0) is 74.0 Å². The Labute approximate surface area is 212 Å². The highest BCUT2D eigenvalue weighted by atomic mass is 16.5. The molecule has 1 N–H and O–H groups in total. The monoisotopic (exact) mass is 480 g/mol.